The summed E-state index contributed by atoms with van der Waals surface area (Å²) < 4.78 is 0. The van der Waals surface area contributed by atoms with E-state index in [4.69, 9.17) is 5.73 Å². The Hall–Kier alpha value is -1.02. The second-order valence-electron chi connectivity index (χ2n) is 4.89. The summed E-state index contributed by atoms with van der Waals surface area (Å²) in [6.07, 6.45) is 0. The number of aromatic hydroxyl groups is 1. The summed E-state index contributed by atoms with van der Waals surface area (Å²) in [7, 11) is 0. The summed E-state index contributed by atoms with van der Waals surface area (Å²) in [5.41, 5.74) is 8.29. The molecule has 0 bridgehead atoms. The molecule has 76 valence electrons. The summed E-state index contributed by atoms with van der Waals surface area (Å²) in [5, 5.41) is 9.74. The molecule has 0 aromatic heterocycles. The second kappa shape index (κ2) is 2.74. The smallest absolute Gasteiger partial charge is 0.119 e. The topological polar surface area (TPSA) is 46.2 Å². The van der Waals surface area contributed by atoms with Crippen molar-refractivity contribution in [2.75, 3.05) is 0 Å². The molecule has 0 saturated heterocycles. The monoisotopic (exact) mass is 191 g/mol. The maximum Gasteiger partial charge on any atom is 0.119 e. The van der Waals surface area contributed by atoms with E-state index in [-0.39, 0.29) is 11.5 Å². The largest absolute Gasteiger partial charge is 0.508 e. The number of nitrogens with two attached hydrogens (primary N) is 1. The molecule has 0 unspecified atom stereocenters. The summed E-state index contributed by atoms with van der Waals surface area (Å²) in [6.45, 7) is 6.32. The lowest BCUT2D eigenvalue weighted by Gasteiger charge is -2.06. The van der Waals surface area contributed by atoms with Gasteiger partial charge in [-0.25, -0.2) is 0 Å². The average Bonchev–Trinajstić information content (AvgIpc) is 2.58. The van der Waals surface area contributed by atoms with E-state index in [0.717, 1.165) is 5.56 Å². The summed E-state index contributed by atoms with van der Waals surface area (Å²) >= 11 is 0. The Morgan fingerprint density at radius 1 is 1.36 bits per heavy atom. The fraction of sp³-hybridized carbons (Fsp3) is 0.500. The van der Waals surface area contributed by atoms with Crippen LogP contribution in [0, 0.1) is 12.3 Å². The molecule has 1 fully saturated rings. The first kappa shape index (κ1) is 9.53. The highest BCUT2D eigenvalue weighted by molar-refractivity contribution is 5.45. The Kier molecular flexibility index (Phi) is 1.86. The summed E-state index contributed by atoms with van der Waals surface area (Å²) in [4.78, 5) is 0. The van der Waals surface area contributed by atoms with E-state index < -0.39 is 0 Å². The van der Waals surface area contributed by atoms with Gasteiger partial charge in [0.15, 0.2) is 0 Å². The van der Waals surface area contributed by atoms with E-state index in [0.29, 0.717) is 11.7 Å². The van der Waals surface area contributed by atoms with Crippen LogP contribution in [-0.2, 0) is 0 Å². The zero-order chi connectivity index (χ0) is 10.5. The van der Waals surface area contributed by atoms with Gasteiger partial charge < -0.3 is 10.8 Å². The van der Waals surface area contributed by atoms with E-state index >= 15 is 0 Å². The van der Waals surface area contributed by atoms with Gasteiger partial charge in [-0.3, -0.25) is 0 Å². The lowest BCUT2D eigenvalue weighted by molar-refractivity contribution is 0.464. The fourth-order valence-electron chi connectivity index (χ4n) is 2.19. The van der Waals surface area contributed by atoms with Crippen LogP contribution in [-0.4, -0.2) is 11.1 Å². The normalized spacial score (nSPS) is 28.9. The highest BCUT2D eigenvalue weighted by Gasteiger charge is 2.56. The third-order valence-corrected chi connectivity index (χ3v) is 3.43. The molecule has 2 heteroatoms. The van der Waals surface area contributed by atoms with Crippen molar-refractivity contribution in [3.05, 3.63) is 29.3 Å². The van der Waals surface area contributed by atoms with Crippen LogP contribution in [0.2, 0.25) is 0 Å². The van der Waals surface area contributed by atoms with Crippen LogP contribution in [0.5, 0.6) is 5.75 Å². The van der Waals surface area contributed by atoms with Crippen molar-refractivity contribution in [2.45, 2.75) is 32.7 Å². The maximum absolute atomic E-state index is 9.74. The SMILES string of the molecule is Cc1ccc(O)c([C@@H]2[C@@H](N)C2(C)C)c1. The number of hydrogen-bond acceptors (Lipinski definition) is 2. The molecular weight excluding hydrogens is 174 g/mol. The third-order valence-electron chi connectivity index (χ3n) is 3.43. The van der Waals surface area contributed by atoms with Gasteiger partial charge in [0.25, 0.3) is 0 Å². The minimum Gasteiger partial charge on any atom is -0.508 e. The van der Waals surface area contributed by atoms with Gasteiger partial charge in [-0.1, -0.05) is 31.5 Å². The van der Waals surface area contributed by atoms with E-state index in [1.54, 1.807) is 6.07 Å². The minimum atomic E-state index is 0.130. The van der Waals surface area contributed by atoms with Crippen LogP contribution in [0.15, 0.2) is 18.2 Å². The predicted molar refractivity (Wildman–Crippen MR) is 57.3 cm³/mol. The Balaban J connectivity index is 2.39. The summed E-state index contributed by atoms with van der Waals surface area (Å²) in [5.74, 6) is 0.684. The Morgan fingerprint density at radius 3 is 2.43 bits per heavy atom. The van der Waals surface area contributed by atoms with Crippen molar-refractivity contribution in [1.29, 1.82) is 0 Å². The second-order valence-corrected chi connectivity index (χ2v) is 4.89. The number of hydrogen-bond donors (Lipinski definition) is 2. The molecule has 1 aliphatic carbocycles. The van der Waals surface area contributed by atoms with E-state index in [9.17, 15) is 5.11 Å². The van der Waals surface area contributed by atoms with Crippen molar-refractivity contribution < 1.29 is 5.11 Å². The lowest BCUT2D eigenvalue weighted by atomic mass is 10.0. The molecule has 3 N–H and O–H groups in total. The molecule has 0 aliphatic heterocycles. The van der Waals surface area contributed by atoms with Gasteiger partial charge in [-0.2, -0.15) is 0 Å². The molecule has 0 heterocycles. The number of rotatable bonds is 1. The molecule has 2 nitrogen and oxygen atoms in total. The number of phenols is 1. The number of benzene rings is 1. The molecule has 0 spiro atoms. The van der Waals surface area contributed by atoms with Crippen LogP contribution in [0.3, 0.4) is 0 Å². The lowest BCUT2D eigenvalue weighted by Crippen LogP contribution is -2.06. The van der Waals surface area contributed by atoms with E-state index in [1.807, 2.05) is 19.1 Å². The first-order valence-corrected chi connectivity index (χ1v) is 4.99. The number of phenolic OH excluding ortho intramolecular Hbond substituents is 1. The van der Waals surface area contributed by atoms with E-state index in [2.05, 4.69) is 13.8 Å². The standard InChI is InChI=1S/C12H17NO/c1-7-4-5-9(14)8(6-7)10-11(13)12(10,2)3/h4-6,10-11,14H,13H2,1-3H3/t10-,11-/m1/s1. The zero-order valence-corrected chi connectivity index (χ0v) is 8.91. The van der Waals surface area contributed by atoms with Crippen LogP contribution in [0.4, 0.5) is 0 Å². The molecule has 2 rings (SSSR count). The molecule has 1 aromatic carbocycles. The van der Waals surface area contributed by atoms with Gasteiger partial charge >= 0.3 is 0 Å². The Morgan fingerprint density at radius 2 is 1.93 bits per heavy atom. The molecule has 1 aliphatic rings. The molecule has 0 amide bonds. The Bertz CT molecular complexity index is 371. The van der Waals surface area contributed by atoms with Crippen LogP contribution < -0.4 is 5.73 Å². The quantitative estimate of drug-likeness (QED) is 0.714. The molecule has 14 heavy (non-hydrogen) atoms. The highest BCUT2D eigenvalue weighted by Crippen LogP contribution is 2.59. The van der Waals surface area contributed by atoms with Gasteiger partial charge in [-0.05, 0) is 24.0 Å². The molecule has 1 aromatic rings. The predicted octanol–water partition coefficient (Wildman–Crippen LogP) is 2.15. The maximum atomic E-state index is 9.74. The third kappa shape index (κ3) is 1.22. The first-order chi connectivity index (χ1) is 6.44. The van der Waals surface area contributed by atoms with Gasteiger partial charge in [-0.15, -0.1) is 0 Å². The Labute approximate surface area is 84.7 Å². The molecule has 0 radical (unpaired) electrons. The zero-order valence-electron chi connectivity index (χ0n) is 8.91. The van der Waals surface area contributed by atoms with Crippen LogP contribution in [0.25, 0.3) is 0 Å². The minimum absolute atomic E-state index is 0.130. The average molecular weight is 191 g/mol. The van der Waals surface area contributed by atoms with Crippen molar-refractivity contribution in [2.24, 2.45) is 11.1 Å². The van der Waals surface area contributed by atoms with Crippen molar-refractivity contribution in [3.8, 4) is 5.75 Å². The van der Waals surface area contributed by atoms with Gasteiger partial charge in [0, 0.05) is 12.0 Å². The van der Waals surface area contributed by atoms with Crippen molar-refractivity contribution in [1.82, 2.24) is 0 Å². The number of aryl methyl sites for hydroxylation is 1. The summed E-state index contributed by atoms with van der Waals surface area (Å²) in [6, 6.07) is 5.88. The first-order valence-electron chi connectivity index (χ1n) is 4.99. The fourth-order valence-corrected chi connectivity index (χ4v) is 2.19. The molecule has 1 saturated carbocycles. The highest BCUT2D eigenvalue weighted by atomic mass is 16.3. The molecule has 2 atom stereocenters. The van der Waals surface area contributed by atoms with Crippen LogP contribution >= 0.6 is 0 Å². The van der Waals surface area contributed by atoms with Crippen molar-refractivity contribution >= 4 is 0 Å². The van der Waals surface area contributed by atoms with Crippen LogP contribution in [0.1, 0.15) is 30.9 Å². The van der Waals surface area contributed by atoms with Gasteiger partial charge in [0.1, 0.15) is 5.75 Å². The van der Waals surface area contributed by atoms with Crippen molar-refractivity contribution in [3.63, 3.8) is 0 Å². The van der Waals surface area contributed by atoms with Gasteiger partial charge in [0.05, 0.1) is 0 Å². The van der Waals surface area contributed by atoms with Gasteiger partial charge in [0.2, 0.25) is 0 Å². The molecular formula is C12H17NO. The van der Waals surface area contributed by atoms with E-state index in [1.165, 1.54) is 5.56 Å².